The van der Waals surface area contributed by atoms with Crippen molar-refractivity contribution >= 4 is 28.2 Å². The van der Waals surface area contributed by atoms with Gasteiger partial charge in [-0.1, -0.05) is 18.2 Å². The topological polar surface area (TPSA) is 53.1 Å². The molecule has 1 aliphatic carbocycles. The van der Waals surface area contributed by atoms with Gasteiger partial charge in [-0.2, -0.15) is 5.26 Å². The van der Waals surface area contributed by atoms with E-state index in [1.165, 1.54) is 22.3 Å². The molecule has 2 aromatic heterocycles. The van der Waals surface area contributed by atoms with Gasteiger partial charge in [-0.15, -0.1) is 0 Å². The van der Waals surface area contributed by atoms with Crippen molar-refractivity contribution in [2.24, 2.45) is 0 Å². The minimum absolute atomic E-state index is 0.733. The van der Waals surface area contributed by atoms with Crippen molar-refractivity contribution in [2.45, 2.75) is 39.5 Å². The maximum Gasteiger partial charge on any atom is 0.157 e. The highest BCUT2D eigenvalue weighted by molar-refractivity contribution is 5.87. The van der Waals surface area contributed by atoms with E-state index in [1.54, 1.807) is 0 Å². The molecule has 2 heterocycles. The van der Waals surface area contributed by atoms with E-state index < -0.39 is 0 Å². The second kappa shape index (κ2) is 6.38. The van der Waals surface area contributed by atoms with Gasteiger partial charge in [0, 0.05) is 5.69 Å². The summed E-state index contributed by atoms with van der Waals surface area (Å²) in [6.45, 7) is 4.24. The van der Waals surface area contributed by atoms with Crippen LogP contribution in [-0.4, -0.2) is 9.38 Å². The Morgan fingerprint density at radius 3 is 2.46 bits per heavy atom. The quantitative estimate of drug-likeness (QED) is 0.502. The van der Waals surface area contributed by atoms with E-state index in [2.05, 4.69) is 53.9 Å². The second-order valence-corrected chi connectivity index (χ2v) is 7.76. The highest BCUT2D eigenvalue weighted by Crippen LogP contribution is 2.37. The third kappa shape index (κ3) is 2.55. The van der Waals surface area contributed by atoms with Crippen molar-refractivity contribution in [3.63, 3.8) is 0 Å². The molecule has 0 saturated carbocycles. The van der Waals surface area contributed by atoms with Crippen molar-refractivity contribution < 1.29 is 0 Å². The number of imidazole rings is 1. The number of aromatic nitrogens is 2. The Kier molecular flexibility index (Phi) is 3.84. The van der Waals surface area contributed by atoms with Crippen LogP contribution >= 0.6 is 0 Å². The first-order valence-electron chi connectivity index (χ1n) is 9.86. The number of nitrogens with zero attached hydrogens (tertiary/aromatic N) is 3. The monoisotopic (exact) mass is 366 g/mol. The van der Waals surface area contributed by atoms with Gasteiger partial charge >= 0.3 is 0 Å². The Bertz CT molecular complexity index is 1250. The molecule has 1 N–H and O–H groups in total. The summed E-state index contributed by atoms with van der Waals surface area (Å²) in [5.41, 5.74) is 9.43. The van der Waals surface area contributed by atoms with Crippen LogP contribution in [0.5, 0.6) is 0 Å². The molecule has 4 aromatic rings. The Balaban J connectivity index is 1.87. The zero-order valence-electron chi connectivity index (χ0n) is 16.2. The van der Waals surface area contributed by atoms with Gasteiger partial charge in [-0.25, -0.2) is 4.98 Å². The third-order valence-electron chi connectivity index (χ3n) is 5.66. The Labute approximate surface area is 164 Å². The molecular formula is C24H22N4. The Morgan fingerprint density at radius 2 is 1.71 bits per heavy atom. The summed E-state index contributed by atoms with van der Waals surface area (Å²) >= 11 is 0. The zero-order chi connectivity index (χ0) is 19.3. The number of fused-ring (bicyclic) bond motifs is 4. The lowest BCUT2D eigenvalue weighted by Crippen LogP contribution is -2.13. The van der Waals surface area contributed by atoms with Crippen LogP contribution in [0.4, 0.5) is 11.5 Å². The minimum Gasteiger partial charge on any atom is -0.341 e. The molecule has 0 saturated heterocycles. The number of hydrogen-bond donors (Lipinski definition) is 1. The van der Waals surface area contributed by atoms with Crippen LogP contribution in [0.25, 0.3) is 16.7 Å². The van der Waals surface area contributed by atoms with Crippen molar-refractivity contribution in [3.8, 4) is 6.07 Å². The van der Waals surface area contributed by atoms with Gasteiger partial charge in [-0.05, 0) is 86.1 Å². The van der Waals surface area contributed by atoms with Gasteiger partial charge in [0.2, 0.25) is 0 Å². The number of benzene rings is 2. The standard InChI is InChI=1S/C24H22N4/c1-15-11-16(2)13-17(12-15)26-23-19-8-4-3-7-18(19)20(14-25)24-27-21-9-5-6-10-22(21)28(23)24/h5-6,9-13,26H,3-4,7-8H2,1-2H3. The van der Waals surface area contributed by atoms with Crippen LogP contribution in [-0.2, 0) is 12.8 Å². The van der Waals surface area contributed by atoms with Crippen molar-refractivity contribution in [1.82, 2.24) is 9.38 Å². The third-order valence-corrected chi connectivity index (χ3v) is 5.66. The van der Waals surface area contributed by atoms with E-state index in [0.29, 0.717) is 0 Å². The second-order valence-electron chi connectivity index (χ2n) is 7.76. The smallest absolute Gasteiger partial charge is 0.157 e. The van der Waals surface area contributed by atoms with E-state index in [-0.39, 0.29) is 0 Å². The molecule has 0 atom stereocenters. The molecule has 0 amide bonds. The highest BCUT2D eigenvalue weighted by atomic mass is 15.1. The molecule has 5 rings (SSSR count). The molecule has 0 aliphatic heterocycles. The van der Waals surface area contributed by atoms with Crippen LogP contribution in [0.2, 0.25) is 0 Å². The predicted molar refractivity (Wildman–Crippen MR) is 113 cm³/mol. The minimum atomic E-state index is 0.733. The molecule has 4 heteroatoms. The van der Waals surface area contributed by atoms with Crippen LogP contribution in [0.3, 0.4) is 0 Å². The number of hydrogen-bond acceptors (Lipinski definition) is 3. The first kappa shape index (κ1) is 16.8. The maximum atomic E-state index is 9.95. The van der Waals surface area contributed by atoms with Gasteiger partial charge in [0.05, 0.1) is 16.6 Å². The Hall–Kier alpha value is -3.32. The number of anilines is 2. The lowest BCUT2D eigenvalue weighted by atomic mass is 9.89. The molecule has 2 aromatic carbocycles. The van der Waals surface area contributed by atoms with Crippen LogP contribution in [0.1, 0.15) is 40.7 Å². The fourth-order valence-corrected chi connectivity index (χ4v) is 4.56. The average Bonchev–Trinajstić information content (AvgIpc) is 3.06. The van der Waals surface area contributed by atoms with E-state index >= 15 is 0 Å². The first-order valence-corrected chi connectivity index (χ1v) is 9.86. The summed E-state index contributed by atoms with van der Waals surface area (Å²) in [7, 11) is 0. The summed E-state index contributed by atoms with van der Waals surface area (Å²) in [6, 6.07) is 17.1. The molecular weight excluding hydrogens is 344 g/mol. The fraction of sp³-hybridized carbons (Fsp3) is 0.250. The van der Waals surface area contributed by atoms with Gasteiger partial charge in [-0.3, -0.25) is 4.40 Å². The largest absolute Gasteiger partial charge is 0.341 e. The lowest BCUT2D eigenvalue weighted by Gasteiger charge is -2.23. The summed E-state index contributed by atoms with van der Waals surface area (Å²) in [4.78, 5) is 4.83. The van der Waals surface area contributed by atoms with E-state index in [4.69, 9.17) is 4.98 Å². The van der Waals surface area contributed by atoms with Gasteiger partial charge in [0.25, 0.3) is 0 Å². The molecule has 0 bridgehead atoms. The number of pyridine rings is 1. The highest BCUT2D eigenvalue weighted by Gasteiger charge is 2.24. The zero-order valence-corrected chi connectivity index (χ0v) is 16.2. The molecule has 1 aliphatic rings. The maximum absolute atomic E-state index is 9.95. The van der Waals surface area contributed by atoms with E-state index in [1.807, 2.05) is 18.2 Å². The normalized spacial score (nSPS) is 13.5. The van der Waals surface area contributed by atoms with Crippen LogP contribution in [0.15, 0.2) is 42.5 Å². The predicted octanol–water partition coefficient (Wildman–Crippen LogP) is 5.60. The molecule has 0 unspecified atom stereocenters. The van der Waals surface area contributed by atoms with Crippen LogP contribution in [0, 0.1) is 25.2 Å². The molecule has 138 valence electrons. The molecule has 28 heavy (non-hydrogen) atoms. The summed E-state index contributed by atoms with van der Waals surface area (Å²) < 4.78 is 2.15. The van der Waals surface area contributed by atoms with Crippen LogP contribution < -0.4 is 5.32 Å². The van der Waals surface area contributed by atoms with Gasteiger partial charge < -0.3 is 5.32 Å². The molecule has 0 fully saturated rings. The van der Waals surface area contributed by atoms with Crippen molar-refractivity contribution in [3.05, 3.63) is 70.3 Å². The van der Waals surface area contributed by atoms with Crippen molar-refractivity contribution in [2.75, 3.05) is 5.32 Å². The number of para-hydroxylation sites is 2. The number of rotatable bonds is 2. The van der Waals surface area contributed by atoms with E-state index in [0.717, 1.165) is 59.4 Å². The molecule has 4 nitrogen and oxygen atoms in total. The number of nitrogens with one attached hydrogen (secondary N) is 1. The molecule has 0 radical (unpaired) electrons. The molecule has 0 spiro atoms. The van der Waals surface area contributed by atoms with Crippen molar-refractivity contribution in [1.29, 1.82) is 5.26 Å². The fourth-order valence-electron chi connectivity index (χ4n) is 4.56. The summed E-state index contributed by atoms with van der Waals surface area (Å²) in [5, 5.41) is 13.6. The van der Waals surface area contributed by atoms with E-state index in [9.17, 15) is 5.26 Å². The number of nitriles is 1. The SMILES string of the molecule is Cc1cc(C)cc(Nc2c3c(c(C#N)c4nc5ccccc5n24)CCCC3)c1. The summed E-state index contributed by atoms with van der Waals surface area (Å²) in [5.74, 6) is 1.06. The number of aryl methyl sites for hydroxylation is 2. The van der Waals surface area contributed by atoms with Gasteiger partial charge in [0.1, 0.15) is 11.9 Å². The Morgan fingerprint density at radius 1 is 1.00 bits per heavy atom. The lowest BCUT2D eigenvalue weighted by molar-refractivity contribution is 0.682. The first-order chi connectivity index (χ1) is 13.7. The average molecular weight is 366 g/mol. The van der Waals surface area contributed by atoms with Gasteiger partial charge in [0.15, 0.2) is 5.65 Å². The summed E-state index contributed by atoms with van der Waals surface area (Å²) in [6.07, 6.45) is 4.21.